The fourth-order valence-corrected chi connectivity index (χ4v) is 11.3. The summed E-state index contributed by atoms with van der Waals surface area (Å²) in [6, 6.07) is 0.252. The summed E-state index contributed by atoms with van der Waals surface area (Å²) < 4.78 is 25.7. The summed E-state index contributed by atoms with van der Waals surface area (Å²) in [5.74, 6) is 0.521. The van der Waals surface area contributed by atoms with Crippen LogP contribution in [0.2, 0.25) is 0 Å². The molecule has 9 aliphatic rings. The Balaban J connectivity index is 1.53. The van der Waals surface area contributed by atoms with Crippen LogP contribution >= 0.6 is 0 Å². The number of hydrogen-bond donors (Lipinski definition) is 1. The smallest absolute Gasteiger partial charge is 0.302 e. The molecule has 0 aromatic rings. The van der Waals surface area contributed by atoms with E-state index >= 15 is 0 Å². The average Bonchev–Trinajstić information content (AvgIpc) is 3.18. The highest BCUT2D eigenvalue weighted by molar-refractivity contribution is 5.66. The minimum Gasteiger partial charge on any atom is -0.462 e. The normalized spacial score (nSPS) is 63.1. The van der Waals surface area contributed by atoms with Gasteiger partial charge in [-0.05, 0) is 31.7 Å². The number of carbonyl (C=O) groups is 1. The number of nitrogens with zero attached hydrogens (tertiary/aromatic N) is 1. The van der Waals surface area contributed by atoms with Crippen LogP contribution in [0.25, 0.3) is 0 Å². The van der Waals surface area contributed by atoms with Crippen molar-refractivity contribution in [1.82, 2.24) is 4.90 Å². The molecule has 0 amide bonds. The number of methoxy groups -OCH3 is 2. The van der Waals surface area contributed by atoms with Crippen LogP contribution in [0, 0.1) is 40.4 Å². The number of ether oxygens (including phenoxy) is 4. The van der Waals surface area contributed by atoms with Crippen LogP contribution in [0.15, 0.2) is 0 Å². The highest BCUT2D eigenvalue weighted by atomic mass is 16.6. The van der Waals surface area contributed by atoms with Gasteiger partial charge < -0.3 is 24.1 Å². The fourth-order valence-electron chi connectivity index (χ4n) is 11.3. The van der Waals surface area contributed by atoms with Gasteiger partial charge in [-0.25, -0.2) is 0 Å². The van der Waals surface area contributed by atoms with Gasteiger partial charge in [-0.15, -0.1) is 0 Å². The lowest BCUT2D eigenvalue weighted by molar-refractivity contribution is -0.393. The van der Waals surface area contributed by atoms with E-state index in [1.807, 2.05) is 7.11 Å². The molecule has 32 heavy (non-hydrogen) atoms. The second-order valence-electron chi connectivity index (χ2n) is 12.0. The predicted octanol–water partition coefficient (Wildman–Crippen LogP) is 1.81. The second-order valence-corrected chi connectivity index (χ2v) is 12.0. The van der Waals surface area contributed by atoms with Gasteiger partial charge in [0.15, 0.2) is 0 Å². The third-order valence-corrected chi connectivity index (χ3v) is 11.7. The summed E-state index contributed by atoms with van der Waals surface area (Å²) in [5, 5.41) is 11.7. The van der Waals surface area contributed by atoms with Crippen molar-refractivity contribution in [3.8, 4) is 0 Å². The average molecular weight is 448 g/mol. The lowest BCUT2D eigenvalue weighted by Crippen LogP contribution is -2.82. The first-order valence-electron chi connectivity index (χ1n) is 12.7. The van der Waals surface area contributed by atoms with Gasteiger partial charge in [0, 0.05) is 68.1 Å². The van der Waals surface area contributed by atoms with Gasteiger partial charge in [-0.2, -0.15) is 0 Å². The first-order chi connectivity index (χ1) is 15.3. The molecule has 0 aromatic heterocycles. The van der Waals surface area contributed by atoms with E-state index in [0.29, 0.717) is 0 Å². The van der Waals surface area contributed by atoms with E-state index in [9.17, 15) is 9.90 Å². The number of rotatable bonds is 4. The van der Waals surface area contributed by atoms with Crippen LogP contribution in [0.4, 0.5) is 0 Å². The molecule has 9 fully saturated rings. The molecule has 7 heteroatoms. The van der Waals surface area contributed by atoms with Crippen LogP contribution in [0.5, 0.6) is 0 Å². The van der Waals surface area contributed by atoms with Crippen LogP contribution in [-0.2, 0) is 23.7 Å². The number of esters is 1. The Kier molecular flexibility index (Phi) is 3.92. The predicted molar refractivity (Wildman–Crippen MR) is 113 cm³/mol. The van der Waals surface area contributed by atoms with Crippen molar-refractivity contribution >= 4 is 5.97 Å². The lowest BCUT2D eigenvalue weighted by atomic mass is 9.41. The largest absolute Gasteiger partial charge is 0.462 e. The van der Waals surface area contributed by atoms with Crippen molar-refractivity contribution in [2.24, 2.45) is 40.4 Å². The van der Waals surface area contributed by atoms with Crippen molar-refractivity contribution in [2.45, 2.75) is 88.7 Å². The van der Waals surface area contributed by atoms with Gasteiger partial charge in [-0.3, -0.25) is 9.69 Å². The molecule has 5 aliphatic carbocycles. The lowest BCUT2D eigenvalue weighted by Gasteiger charge is -2.75. The second kappa shape index (κ2) is 6.09. The van der Waals surface area contributed by atoms with Crippen molar-refractivity contribution < 1.29 is 28.8 Å². The van der Waals surface area contributed by atoms with Gasteiger partial charge in [0.2, 0.25) is 0 Å². The van der Waals surface area contributed by atoms with Gasteiger partial charge in [0.25, 0.3) is 0 Å². The Morgan fingerprint density at radius 1 is 1.28 bits per heavy atom. The number of carbonyl (C=O) groups excluding carboxylic acids is 1. The summed E-state index contributed by atoms with van der Waals surface area (Å²) in [7, 11) is 3.57. The highest BCUT2D eigenvalue weighted by Gasteiger charge is 2.90. The van der Waals surface area contributed by atoms with Crippen molar-refractivity contribution in [3.63, 3.8) is 0 Å². The molecule has 1 N–H and O–H groups in total. The van der Waals surface area contributed by atoms with E-state index in [4.69, 9.17) is 18.9 Å². The minimum atomic E-state index is -0.559. The topological polar surface area (TPSA) is 77.5 Å². The molecule has 7 nitrogen and oxygen atoms in total. The zero-order chi connectivity index (χ0) is 22.4. The summed E-state index contributed by atoms with van der Waals surface area (Å²) in [6.07, 6.45) is 3.41. The quantitative estimate of drug-likeness (QED) is 0.659. The standard InChI is InChI=1S/C25H37NO6/c1-6-26-21-17-19(31-11(2)27)20-23(3)8-7-15(32-22(23)26)25(20,21)13-9-12-14(29-4)10-24(17,30-5)16(13)18(12)28/h12-22,28H,6-10H2,1-5H3/t12-,13-,14+,15+,16-,17+,18+,19-,20-,21-,22-,23-,24-,25+/m1/s1. The third kappa shape index (κ3) is 1.82. The van der Waals surface area contributed by atoms with Crippen LogP contribution in [-0.4, -0.2) is 79.0 Å². The molecule has 178 valence electrons. The van der Waals surface area contributed by atoms with Gasteiger partial charge in [-0.1, -0.05) is 13.8 Å². The number of aliphatic hydroxyl groups excluding tert-OH is 1. The molecular weight excluding hydrogens is 410 g/mol. The number of fused-ring (bicyclic) bond motifs is 3. The first kappa shape index (κ1) is 20.6. The molecule has 1 spiro atoms. The molecule has 0 radical (unpaired) electrons. The van der Waals surface area contributed by atoms with E-state index in [2.05, 4.69) is 18.7 Å². The maximum Gasteiger partial charge on any atom is 0.302 e. The molecule has 9 bridgehead atoms. The number of hydrogen-bond acceptors (Lipinski definition) is 7. The molecule has 9 rings (SSSR count). The highest BCUT2D eigenvalue weighted by Crippen LogP contribution is 2.83. The van der Waals surface area contributed by atoms with Crippen molar-refractivity contribution in [2.75, 3.05) is 20.8 Å². The van der Waals surface area contributed by atoms with Gasteiger partial charge in [0.05, 0.1) is 23.9 Å². The summed E-state index contributed by atoms with van der Waals surface area (Å²) in [4.78, 5) is 15.1. The maximum absolute atomic E-state index is 12.5. The van der Waals surface area contributed by atoms with Crippen LogP contribution < -0.4 is 0 Å². The Bertz CT molecular complexity index is 867. The monoisotopic (exact) mass is 447 g/mol. The molecule has 5 saturated carbocycles. The molecule has 4 saturated heterocycles. The Hall–Kier alpha value is -0.730. The zero-order valence-electron chi connectivity index (χ0n) is 19.8. The molecule has 4 heterocycles. The van der Waals surface area contributed by atoms with Crippen LogP contribution in [0.1, 0.15) is 46.5 Å². The van der Waals surface area contributed by atoms with E-state index in [0.717, 1.165) is 32.2 Å². The minimum absolute atomic E-state index is 0.0165. The SMILES string of the molecule is CCN1[C@@H]2O[C@H]3CC[C@]2(C)[C@H]2[C@H](OC(C)=O)[C@H]4[C@@H]1[C@@]32[C@@H]1C[C@H]2[C@H](O)[C@@H]1[C@]4(OC)C[C@@H]2OC. The van der Waals surface area contributed by atoms with E-state index in [1.165, 1.54) is 0 Å². The van der Waals surface area contributed by atoms with E-state index in [1.54, 1.807) is 14.0 Å². The van der Waals surface area contributed by atoms with E-state index in [-0.39, 0.29) is 77.0 Å². The summed E-state index contributed by atoms with van der Waals surface area (Å²) in [6.45, 7) is 7.07. The van der Waals surface area contributed by atoms with Crippen molar-refractivity contribution in [3.05, 3.63) is 0 Å². The van der Waals surface area contributed by atoms with Gasteiger partial charge in [0.1, 0.15) is 12.3 Å². The van der Waals surface area contributed by atoms with Gasteiger partial charge >= 0.3 is 5.97 Å². The zero-order valence-corrected chi connectivity index (χ0v) is 19.8. The third-order valence-electron chi connectivity index (χ3n) is 11.7. The molecule has 4 aliphatic heterocycles. The molecule has 14 atom stereocenters. The number of piperidine rings is 1. The molecule has 0 aromatic carbocycles. The Labute approximate surface area is 190 Å². The van der Waals surface area contributed by atoms with E-state index < -0.39 is 11.7 Å². The first-order valence-corrected chi connectivity index (χ1v) is 12.7. The van der Waals surface area contributed by atoms with Crippen LogP contribution in [0.3, 0.4) is 0 Å². The number of aliphatic hydroxyl groups is 1. The molecule has 0 unspecified atom stereocenters. The summed E-state index contributed by atoms with van der Waals surface area (Å²) >= 11 is 0. The van der Waals surface area contributed by atoms with Crippen molar-refractivity contribution in [1.29, 1.82) is 0 Å². The molecular formula is C25H37NO6. The Morgan fingerprint density at radius 2 is 2.06 bits per heavy atom. The Morgan fingerprint density at radius 3 is 2.72 bits per heavy atom. The summed E-state index contributed by atoms with van der Waals surface area (Å²) in [5.41, 5.74) is -0.725. The maximum atomic E-state index is 12.5. The fraction of sp³-hybridized carbons (Fsp3) is 0.960.